The van der Waals surface area contributed by atoms with Gasteiger partial charge in [-0.15, -0.1) is 11.8 Å². The molecule has 1 aliphatic rings. The Morgan fingerprint density at radius 3 is 2.83 bits per heavy atom. The summed E-state index contributed by atoms with van der Waals surface area (Å²) in [6, 6.07) is 8.48. The smallest absolute Gasteiger partial charge is 0.234 e. The zero-order chi connectivity index (χ0) is 13.1. The Kier molecular flexibility index (Phi) is 4.73. The molecule has 2 rings (SSSR count). The van der Waals surface area contributed by atoms with Crippen LogP contribution in [0.1, 0.15) is 19.4 Å². The van der Waals surface area contributed by atoms with Crippen LogP contribution in [0.5, 0.6) is 0 Å². The maximum atomic E-state index is 12.2. The van der Waals surface area contributed by atoms with Crippen LogP contribution < -0.4 is 5.32 Å². The number of amides is 1. The van der Waals surface area contributed by atoms with Crippen LogP contribution in [0.3, 0.4) is 0 Å². The summed E-state index contributed by atoms with van der Waals surface area (Å²) >= 11 is 5.14. The summed E-state index contributed by atoms with van der Waals surface area (Å²) in [7, 11) is 0. The van der Waals surface area contributed by atoms with Crippen LogP contribution in [0.2, 0.25) is 0 Å². The van der Waals surface area contributed by atoms with Gasteiger partial charge in [-0.1, -0.05) is 48.0 Å². The van der Waals surface area contributed by atoms with E-state index in [1.807, 2.05) is 12.1 Å². The highest BCUT2D eigenvalue weighted by Gasteiger charge is 2.29. The van der Waals surface area contributed by atoms with Crippen LogP contribution in [0.25, 0.3) is 0 Å². The van der Waals surface area contributed by atoms with Gasteiger partial charge in [0.2, 0.25) is 5.91 Å². The molecule has 2 atom stereocenters. The van der Waals surface area contributed by atoms with Gasteiger partial charge in [0.15, 0.2) is 0 Å². The molecule has 0 spiro atoms. The molecule has 1 aromatic carbocycles. The summed E-state index contributed by atoms with van der Waals surface area (Å²) in [5.74, 6) is 0.608. The third kappa shape index (κ3) is 3.09. The number of hydrogen-bond acceptors (Lipinski definition) is 2. The van der Waals surface area contributed by atoms with Crippen molar-refractivity contribution in [3.63, 3.8) is 0 Å². The quantitative estimate of drug-likeness (QED) is 0.860. The van der Waals surface area contributed by atoms with Crippen molar-refractivity contribution in [1.29, 1.82) is 0 Å². The monoisotopic (exact) mass is 327 g/mol. The molecule has 4 heteroatoms. The molecule has 0 aliphatic carbocycles. The Morgan fingerprint density at radius 2 is 2.22 bits per heavy atom. The Balaban J connectivity index is 1.97. The lowest BCUT2D eigenvalue weighted by atomic mass is 10.1. The van der Waals surface area contributed by atoms with Gasteiger partial charge in [-0.3, -0.25) is 4.79 Å². The molecule has 1 amide bonds. The molecule has 1 aliphatic heterocycles. The van der Waals surface area contributed by atoms with Crippen LogP contribution in [-0.2, 0) is 11.2 Å². The number of nitrogens with one attached hydrogen (secondary N) is 1. The first-order chi connectivity index (χ1) is 8.61. The van der Waals surface area contributed by atoms with E-state index < -0.39 is 0 Å². The first kappa shape index (κ1) is 13.9. The number of carbonyl (C=O) groups is 1. The highest BCUT2D eigenvalue weighted by atomic mass is 79.9. The van der Waals surface area contributed by atoms with Crippen LogP contribution in [0, 0.1) is 5.92 Å². The minimum Gasteiger partial charge on any atom is -0.351 e. The molecule has 1 heterocycles. The fraction of sp³-hybridized carbons (Fsp3) is 0.500. The van der Waals surface area contributed by atoms with E-state index in [2.05, 4.69) is 47.2 Å². The van der Waals surface area contributed by atoms with Crippen molar-refractivity contribution < 1.29 is 4.79 Å². The highest BCUT2D eigenvalue weighted by Crippen LogP contribution is 2.36. The molecule has 0 saturated carbocycles. The van der Waals surface area contributed by atoms with Crippen molar-refractivity contribution in [3.05, 3.63) is 29.8 Å². The minimum atomic E-state index is 0.0303. The Hall–Kier alpha value is -0.480. The predicted octanol–water partition coefficient (Wildman–Crippen LogP) is 3.24. The van der Waals surface area contributed by atoms with Crippen LogP contribution >= 0.6 is 27.7 Å². The summed E-state index contributed by atoms with van der Waals surface area (Å²) in [5, 5.41) is 3.97. The van der Waals surface area contributed by atoms with E-state index in [1.165, 1.54) is 10.5 Å². The average molecular weight is 328 g/mol. The largest absolute Gasteiger partial charge is 0.351 e. The molecule has 0 bridgehead atoms. The third-order valence-electron chi connectivity index (χ3n) is 3.24. The molecule has 2 nitrogen and oxygen atoms in total. The third-order valence-corrected chi connectivity index (χ3v) is 5.25. The van der Waals surface area contributed by atoms with E-state index in [-0.39, 0.29) is 17.2 Å². The van der Waals surface area contributed by atoms with Gasteiger partial charge in [0.25, 0.3) is 0 Å². The van der Waals surface area contributed by atoms with E-state index in [0.717, 1.165) is 11.8 Å². The van der Waals surface area contributed by atoms with E-state index in [1.54, 1.807) is 11.8 Å². The summed E-state index contributed by atoms with van der Waals surface area (Å²) in [5.41, 5.74) is 1.29. The lowest BCUT2D eigenvalue weighted by Gasteiger charge is -2.21. The van der Waals surface area contributed by atoms with E-state index in [4.69, 9.17) is 0 Å². The van der Waals surface area contributed by atoms with Crippen molar-refractivity contribution in [3.8, 4) is 0 Å². The molecular weight excluding hydrogens is 310 g/mol. The number of carbonyl (C=O) groups excluding carboxylic acids is 1. The molecule has 0 radical (unpaired) electrons. The van der Waals surface area contributed by atoms with Gasteiger partial charge in [0, 0.05) is 16.3 Å². The summed E-state index contributed by atoms with van der Waals surface area (Å²) in [6.07, 6.45) is 0.847. The van der Waals surface area contributed by atoms with Gasteiger partial charge in [-0.25, -0.2) is 0 Å². The van der Waals surface area contributed by atoms with Gasteiger partial charge in [0.1, 0.15) is 0 Å². The standard InChI is InChI=1S/C14H18BrNOS/c1-9(2)11(8-15)16-14(17)13-7-10-5-3-4-6-12(10)18-13/h3-6,9,11,13H,7-8H2,1-2H3,(H,16,17). The Labute approximate surface area is 121 Å². The van der Waals surface area contributed by atoms with Crippen molar-refractivity contribution in [2.75, 3.05) is 5.33 Å². The van der Waals surface area contributed by atoms with Gasteiger partial charge < -0.3 is 5.32 Å². The predicted molar refractivity (Wildman–Crippen MR) is 80.4 cm³/mol. The Bertz CT molecular complexity index is 411. The first-order valence-electron chi connectivity index (χ1n) is 6.22. The van der Waals surface area contributed by atoms with Gasteiger partial charge in [0.05, 0.1) is 5.25 Å². The molecule has 0 aromatic heterocycles. The lowest BCUT2D eigenvalue weighted by molar-refractivity contribution is -0.121. The molecule has 2 unspecified atom stereocenters. The fourth-order valence-electron chi connectivity index (χ4n) is 1.99. The second-order valence-corrected chi connectivity index (χ2v) is 6.82. The van der Waals surface area contributed by atoms with Crippen LogP contribution in [0.4, 0.5) is 0 Å². The molecule has 1 aromatic rings. The number of rotatable bonds is 4. The fourth-order valence-corrected chi connectivity index (χ4v) is 4.10. The number of thioether (sulfide) groups is 1. The van der Waals surface area contributed by atoms with E-state index in [0.29, 0.717) is 5.92 Å². The molecule has 1 N–H and O–H groups in total. The normalized spacial score (nSPS) is 19.7. The van der Waals surface area contributed by atoms with E-state index in [9.17, 15) is 4.79 Å². The first-order valence-corrected chi connectivity index (χ1v) is 8.23. The second-order valence-electron chi connectivity index (χ2n) is 4.93. The molecule has 0 fully saturated rings. The van der Waals surface area contributed by atoms with Crippen molar-refractivity contribution in [1.82, 2.24) is 5.32 Å². The minimum absolute atomic E-state index is 0.0303. The summed E-state index contributed by atoms with van der Waals surface area (Å²) in [6.45, 7) is 4.26. The highest BCUT2D eigenvalue weighted by molar-refractivity contribution is 9.09. The maximum Gasteiger partial charge on any atom is 0.234 e. The molecule has 98 valence electrons. The number of benzene rings is 1. The number of alkyl halides is 1. The van der Waals surface area contributed by atoms with Crippen molar-refractivity contribution >= 4 is 33.6 Å². The molecule has 0 saturated heterocycles. The van der Waals surface area contributed by atoms with Crippen molar-refractivity contribution in [2.24, 2.45) is 5.92 Å². The molecular formula is C14H18BrNOS. The van der Waals surface area contributed by atoms with Crippen molar-refractivity contribution in [2.45, 2.75) is 36.5 Å². The number of fused-ring (bicyclic) bond motifs is 1. The van der Waals surface area contributed by atoms with Gasteiger partial charge in [-0.05, 0) is 24.0 Å². The van der Waals surface area contributed by atoms with Crippen LogP contribution in [-0.4, -0.2) is 22.5 Å². The SMILES string of the molecule is CC(C)C(CBr)NC(=O)C1Cc2ccccc2S1. The summed E-state index contributed by atoms with van der Waals surface area (Å²) in [4.78, 5) is 13.5. The summed E-state index contributed by atoms with van der Waals surface area (Å²) < 4.78 is 0. The second kappa shape index (κ2) is 6.11. The zero-order valence-electron chi connectivity index (χ0n) is 10.7. The van der Waals surface area contributed by atoms with E-state index >= 15 is 0 Å². The topological polar surface area (TPSA) is 29.1 Å². The van der Waals surface area contributed by atoms with Crippen LogP contribution in [0.15, 0.2) is 29.2 Å². The number of halogens is 1. The zero-order valence-corrected chi connectivity index (χ0v) is 13.1. The average Bonchev–Trinajstić information content (AvgIpc) is 2.79. The Morgan fingerprint density at radius 1 is 1.50 bits per heavy atom. The maximum absolute atomic E-state index is 12.2. The lowest BCUT2D eigenvalue weighted by Crippen LogP contribution is -2.43. The number of hydrogen-bond donors (Lipinski definition) is 1. The van der Waals surface area contributed by atoms with Gasteiger partial charge in [-0.2, -0.15) is 0 Å². The van der Waals surface area contributed by atoms with Gasteiger partial charge >= 0.3 is 0 Å². The molecule has 18 heavy (non-hydrogen) atoms.